The molecular weight excluding hydrogens is 144 g/mol. The van der Waals surface area contributed by atoms with Crippen LogP contribution in [0.3, 0.4) is 0 Å². The van der Waals surface area contributed by atoms with Gasteiger partial charge in [-0.15, -0.1) is 0 Å². The molecule has 2 nitrogen and oxygen atoms in total. The van der Waals surface area contributed by atoms with E-state index in [9.17, 15) is 0 Å². The van der Waals surface area contributed by atoms with Gasteiger partial charge in [-0.05, 0) is 31.1 Å². The zero-order chi connectivity index (χ0) is 7.40. The normalized spacial score (nSPS) is 10.2. The van der Waals surface area contributed by atoms with E-state index in [1.54, 1.807) is 11.5 Å². The van der Waals surface area contributed by atoms with Crippen LogP contribution in [0.5, 0.6) is 0 Å². The average Bonchev–Trinajstić information content (AvgIpc) is 2.31. The van der Waals surface area contributed by atoms with Crippen LogP contribution in [0.15, 0.2) is 6.07 Å². The summed E-state index contributed by atoms with van der Waals surface area (Å²) in [6.07, 6.45) is 0. The van der Waals surface area contributed by atoms with Crippen molar-refractivity contribution in [1.82, 2.24) is 9.69 Å². The Hall–Kier alpha value is -0.410. The monoisotopic (exact) mass is 156 g/mol. The fraction of sp³-hybridized carbons (Fsp3) is 0.571. The fourth-order valence-corrected chi connectivity index (χ4v) is 1.45. The van der Waals surface area contributed by atoms with Gasteiger partial charge >= 0.3 is 0 Å². The predicted octanol–water partition coefficient (Wildman–Crippen LogP) is 1.56. The summed E-state index contributed by atoms with van der Waals surface area (Å²) in [7, 11) is 0. The third kappa shape index (κ3) is 2.08. The molecule has 10 heavy (non-hydrogen) atoms. The summed E-state index contributed by atoms with van der Waals surface area (Å²) in [6.45, 7) is 6.11. The summed E-state index contributed by atoms with van der Waals surface area (Å²) in [4.78, 5) is 1.32. The van der Waals surface area contributed by atoms with Gasteiger partial charge < -0.3 is 5.32 Å². The second-order valence-electron chi connectivity index (χ2n) is 2.21. The zero-order valence-electron chi connectivity index (χ0n) is 6.35. The lowest BCUT2D eigenvalue weighted by molar-refractivity contribution is 0.735. The highest BCUT2D eigenvalue weighted by Crippen LogP contribution is 2.07. The van der Waals surface area contributed by atoms with E-state index in [1.165, 1.54) is 4.88 Å². The molecule has 1 N–H and O–H groups in total. The summed E-state index contributed by atoms with van der Waals surface area (Å²) in [5.74, 6) is 0. The standard InChI is InChI=1S/C7H12N2S/c1-3-8-5-7-4-6(2)9-10-7/h4,8H,3,5H2,1-2H3. The van der Waals surface area contributed by atoms with Crippen LogP contribution < -0.4 is 5.32 Å². The number of hydrogen-bond acceptors (Lipinski definition) is 3. The molecule has 0 aliphatic rings. The molecule has 0 aliphatic carbocycles. The minimum absolute atomic E-state index is 0.960. The fourth-order valence-electron chi connectivity index (χ4n) is 0.748. The highest BCUT2D eigenvalue weighted by atomic mass is 32.1. The number of aryl methyl sites for hydroxylation is 1. The largest absolute Gasteiger partial charge is 0.312 e. The molecule has 0 saturated carbocycles. The summed E-state index contributed by atoms with van der Waals surface area (Å²) in [5.41, 5.74) is 1.12. The number of nitrogens with zero attached hydrogens (tertiary/aromatic N) is 1. The molecule has 0 spiro atoms. The molecule has 0 unspecified atom stereocenters. The average molecular weight is 156 g/mol. The molecule has 0 aliphatic heterocycles. The Balaban J connectivity index is 2.42. The van der Waals surface area contributed by atoms with Crippen molar-refractivity contribution >= 4 is 11.5 Å². The van der Waals surface area contributed by atoms with Crippen molar-refractivity contribution in [2.24, 2.45) is 0 Å². The van der Waals surface area contributed by atoms with Crippen LogP contribution >= 0.6 is 11.5 Å². The maximum Gasteiger partial charge on any atom is 0.0514 e. The first-order valence-corrected chi connectivity index (χ1v) is 4.23. The molecule has 0 bridgehead atoms. The zero-order valence-corrected chi connectivity index (χ0v) is 7.16. The van der Waals surface area contributed by atoms with E-state index in [0.717, 1.165) is 18.8 Å². The lowest BCUT2D eigenvalue weighted by atomic mass is 10.4. The van der Waals surface area contributed by atoms with Crippen LogP contribution in [0.1, 0.15) is 17.5 Å². The minimum Gasteiger partial charge on any atom is -0.312 e. The Morgan fingerprint density at radius 2 is 2.50 bits per heavy atom. The first kappa shape index (κ1) is 7.69. The maximum atomic E-state index is 4.17. The van der Waals surface area contributed by atoms with Gasteiger partial charge in [-0.25, -0.2) is 0 Å². The molecule has 1 aromatic rings. The van der Waals surface area contributed by atoms with E-state index >= 15 is 0 Å². The Morgan fingerprint density at radius 3 is 3.00 bits per heavy atom. The molecule has 3 heteroatoms. The van der Waals surface area contributed by atoms with Gasteiger partial charge in [0, 0.05) is 11.4 Å². The molecule has 0 atom stereocenters. The number of aromatic nitrogens is 1. The topological polar surface area (TPSA) is 24.9 Å². The molecule has 1 aromatic heterocycles. The van der Waals surface area contributed by atoms with Gasteiger partial charge in [0.25, 0.3) is 0 Å². The first-order chi connectivity index (χ1) is 4.83. The molecule has 1 rings (SSSR count). The molecule has 0 amide bonds. The highest BCUT2D eigenvalue weighted by molar-refractivity contribution is 7.05. The van der Waals surface area contributed by atoms with E-state index in [2.05, 4.69) is 22.7 Å². The van der Waals surface area contributed by atoms with Gasteiger partial charge in [0.05, 0.1) is 5.69 Å². The van der Waals surface area contributed by atoms with Crippen molar-refractivity contribution in [3.63, 3.8) is 0 Å². The Kier molecular flexibility index (Phi) is 2.83. The van der Waals surface area contributed by atoms with E-state index < -0.39 is 0 Å². The smallest absolute Gasteiger partial charge is 0.0514 e. The second-order valence-corrected chi connectivity index (χ2v) is 3.10. The van der Waals surface area contributed by atoms with Crippen molar-refractivity contribution in [3.8, 4) is 0 Å². The van der Waals surface area contributed by atoms with Crippen molar-refractivity contribution in [2.75, 3.05) is 6.54 Å². The molecular formula is C7H12N2S. The molecule has 1 heterocycles. The minimum atomic E-state index is 0.960. The second kappa shape index (κ2) is 3.68. The summed E-state index contributed by atoms with van der Waals surface area (Å²) in [5, 5.41) is 3.25. The van der Waals surface area contributed by atoms with E-state index in [4.69, 9.17) is 0 Å². The van der Waals surface area contributed by atoms with Crippen LogP contribution in [0, 0.1) is 6.92 Å². The van der Waals surface area contributed by atoms with Crippen LogP contribution in [0.4, 0.5) is 0 Å². The first-order valence-electron chi connectivity index (χ1n) is 3.46. The van der Waals surface area contributed by atoms with Crippen LogP contribution in [-0.2, 0) is 6.54 Å². The quantitative estimate of drug-likeness (QED) is 0.718. The summed E-state index contributed by atoms with van der Waals surface area (Å²) >= 11 is 1.58. The van der Waals surface area contributed by atoms with Gasteiger partial charge in [0.2, 0.25) is 0 Å². The maximum absolute atomic E-state index is 4.17. The molecule has 0 radical (unpaired) electrons. The van der Waals surface area contributed by atoms with Gasteiger partial charge in [-0.3, -0.25) is 0 Å². The molecule has 56 valence electrons. The number of nitrogens with one attached hydrogen (secondary N) is 1. The third-order valence-corrected chi connectivity index (χ3v) is 2.10. The van der Waals surface area contributed by atoms with E-state index in [-0.39, 0.29) is 0 Å². The third-order valence-electron chi connectivity index (χ3n) is 1.23. The van der Waals surface area contributed by atoms with Crippen molar-refractivity contribution in [2.45, 2.75) is 20.4 Å². The summed E-state index contributed by atoms with van der Waals surface area (Å²) in [6, 6.07) is 2.12. The van der Waals surface area contributed by atoms with E-state index in [0.29, 0.717) is 0 Å². The van der Waals surface area contributed by atoms with Crippen molar-refractivity contribution < 1.29 is 0 Å². The predicted molar refractivity (Wildman–Crippen MR) is 44.2 cm³/mol. The lowest BCUT2D eigenvalue weighted by Gasteiger charge is -1.93. The Labute approximate surface area is 65.4 Å². The Morgan fingerprint density at radius 1 is 1.70 bits per heavy atom. The molecule has 0 saturated heterocycles. The Bertz CT molecular complexity index is 195. The number of hydrogen-bond donors (Lipinski definition) is 1. The highest BCUT2D eigenvalue weighted by Gasteiger charge is 1.94. The van der Waals surface area contributed by atoms with Gasteiger partial charge in [-0.1, -0.05) is 6.92 Å². The van der Waals surface area contributed by atoms with E-state index in [1.807, 2.05) is 6.92 Å². The van der Waals surface area contributed by atoms with Gasteiger partial charge in [0.15, 0.2) is 0 Å². The molecule has 0 fully saturated rings. The SMILES string of the molecule is CCNCc1cc(C)ns1. The number of rotatable bonds is 3. The van der Waals surface area contributed by atoms with Crippen LogP contribution in [0.2, 0.25) is 0 Å². The van der Waals surface area contributed by atoms with Crippen molar-refractivity contribution in [3.05, 3.63) is 16.6 Å². The lowest BCUT2D eigenvalue weighted by Crippen LogP contribution is -2.10. The van der Waals surface area contributed by atoms with Crippen molar-refractivity contribution in [1.29, 1.82) is 0 Å². The van der Waals surface area contributed by atoms with Crippen LogP contribution in [-0.4, -0.2) is 10.9 Å². The van der Waals surface area contributed by atoms with Gasteiger partial charge in [0.1, 0.15) is 0 Å². The van der Waals surface area contributed by atoms with Crippen LogP contribution in [0.25, 0.3) is 0 Å². The summed E-state index contributed by atoms with van der Waals surface area (Å²) < 4.78 is 4.17. The van der Waals surface area contributed by atoms with Gasteiger partial charge in [-0.2, -0.15) is 4.37 Å². The molecule has 0 aromatic carbocycles.